The van der Waals surface area contributed by atoms with Crippen LogP contribution in [-0.2, 0) is 11.3 Å². The van der Waals surface area contributed by atoms with Gasteiger partial charge in [-0.1, -0.05) is 18.2 Å². The Hall–Kier alpha value is -3.66. The molecule has 0 aliphatic carbocycles. The molecule has 162 valence electrons. The van der Waals surface area contributed by atoms with Crippen molar-refractivity contribution >= 4 is 5.91 Å². The summed E-state index contributed by atoms with van der Waals surface area (Å²) in [5, 5.41) is 6.45. The number of ether oxygens (including phenoxy) is 1. The lowest BCUT2D eigenvalue weighted by atomic mass is 10.2. The lowest BCUT2D eigenvalue weighted by Gasteiger charge is -2.12. The van der Waals surface area contributed by atoms with Crippen molar-refractivity contribution in [3.8, 4) is 5.69 Å². The molecule has 3 rings (SSSR count). The Morgan fingerprint density at radius 1 is 1.10 bits per heavy atom. The number of nitrogens with zero attached hydrogens (tertiary/aromatic N) is 3. The molecule has 0 spiro atoms. The highest BCUT2D eigenvalue weighted by Crippen LogP contribution is 2.08. The van der Waals surface area contributed by atoms with Gasteiger partial charge >= 0.3 is 5.69 Å². The SMILES string of the molecule is COCCCNC(=O)c1nn(-c2ccc(F)cc2)c(=O)n(Cc2ccccc2F)c1=O. The van der Waals surface area contributed by atoms with Gasteiger partial charge in [0.05, 0.1) is 12.2 Å². The lowest BCUT2D eigenvalue weighted by Crippen LogP contribution is -2.46. The maximum absolute atomic E-state index is 14.1. The molecule has 0 saturated carbocycles. The maximum atomic E-state index is 14.1. The van der Waals surface area contributed by atoms with Crippen molar-refractivity contribution in [2.24, 2.45) is 0 Å². The van der Waals surface area contributed by atoms with Crippen LogP contribution in [0.5, 0.6) is 0 Å². The number of nitrogens with one attached hydrogen (secondary N) is 1. The Morgan fingerprint density at radius 3 is 2.48 bits per heavy atom. The summed E-state index contributed by atoms with van der Waals surface area (Å²) in [7, 11) is 1.52. The number of methoxy groups -OCH3 is 1. The topological polar surface area (TPSA) is 95.2 Å². The molecule has 1 aromatic heterocycles. The van der Waals surface area contributed by atoms with Crippen LogP contribution in [0, 0.1) is 11.6 Å². The van der Waals surface area contributed by atoms with Crippen LogP contribution < -0.4 is 16.6 Å². The van der Waals surface area contributed by atoms with Gasteiger partial charge in [0.25, 0.3) is 11.5 Å². The predicted molar refractivity (Wildman–Crippen MR) is 108 cm³/mol. The van der Waals surface area contributed by atoms with Crippen molar-refractivity contribution in [2.45, 2.75) is 13.0 Å². The monoisotopic (exact) mass is 430 g/mol. The van der Waals surface area contributed by atoms with Crippen LogP contribution >= 0.6 is 0 Å². The van der Waals surface area contributed by atoms with Gasteiger partial charge in [-0.3, -0.25) is 14.2 Å². The number of hydrogen-bond donors (Lipinski definition) is 1. The third-order valence-electron chi connectivity index (χ3n) is 4.44. The van der Waals surface area contributed by atoms with Gasteiger partial charge in [-0.2, -0.15) is 9.78 Å². The second-order valence-electron chi connectivity index (χ2n) is 6.60. The molecule has 0 bridgehead atoms. The van der Waals surface area contributed by atoms with E-state index in [-0.39, 0.29) is 17.8 Å². The van der Waals surface area contributed by atoms with E-state index in [4.69, 9.17) is 4.74 Å². The fourth-order valence-electron chi connectivity index (χ4n) is 2.85. The molecular formula is C21H20F2N4O4. The van der Waals surface area contributed by atoms with Crippen molar-refractivity contribution in [2.75, 3.05) is 20.3 Å². The first kappa shape index (κ1) is 22.0. The second kappa shape index (κ2) is 9.90. The summed E-state index contributed by atoms with van der Waals surface area (Å²) in [6.07, 6.45) is 0.503. The molecule has 0 atom stereocenters. The Balaban J connectivity index is 2.10. The van der Waals surface area contributed by atoms with Gasteiger partial charge in [0.15, 0.2) is 0 Å². The van der Waals surface area contributed by atoms with Crippen molar-refractivity contribution in [1.29, 1.82) is 0 Å². The summed E-state index contributed by atoms with van der Waals surface area (Å²) >= 11 is 0. The molecule has 1 amide bonds. The summed E-state index contributed by atoms with van der Waals surface area (Å²) < 4.78 is 33.9. The number of amides is 1. The molecule has 0 fully saturated rings. The Morgan fingerprint density at radius 2 is 1.81 bits per heavy atom. The van der Waals surface area contributed by atoms with E-state index in [9.17, 15) is 23.2 Å². The largest absolute Gasteiger partial charge is 0.385 e. The number of benzene rings is 2. The third kappa shape index (κ3) is 5.10. The highest BCUT2D eigenvalue weighted by atomic mass is 19.1. The van der Waals surface area contributed by atoms with E-state index in [1.54, 1.807) is 6.07 Å². The van der Waals surface area contributed by atoms with Gasteiger partial charge in [-0.05, 0) is 36.8 Å². The molecule has 0 aliphatic rings. The van der Waals surface area contributed by atoms with E-state index in [1.807, 2.05) is 0 Å². The van der Waals surface area contributed by atoms with E-state index in [2.05, 4.69) is 10.4 Å². The molecule has 1 N–H and O–H groups in total. The van der Waals surface area contributed by atoms with E-state index < -0.39 is 41.0 Å². The molecule has 8 nitrogen and oxygen atoms in total. The zero-order valence-electron chi connectivity index (χ0n) is 16.7. The number of hydrogen-bond acceptors (Lipinski definition) is 5. The minimum atomic E-state index is -0.962. The summed E-state index contributed by atoms with van der Waals surface area (Å²) in [6.45, 7) is 0.217. The third-order valence-corrected chi connectivity index (χ3v) is 4.44. The number of halogens is 2. The molecule has 0 radical (unpaired) electrons. The average Bonchev–Trinajstić information content (AvgIpc) is 2.76. The van der Waals surface area contributed by atoms with Crippen LogP contribution in [-0.4, -0.2) is 40.5 Å². The number of rotatable bonds is 8. The van der Waals surface area contributed by atoms with Gasteiger partial charge < -0.3 is 10.1 Å². The van der Waals surface area contributed by atoms with Gasteiger partial charge in [0.1, 0.15) is 11.6 Å². The van der Waals surface area contributed by atoms with Crippen LogP contribution in [0.2, 0.25) is 0 Å². The highest BCUT2D eigenvalue weighted by Gasteiger charge is 2.21. The first-order valence-electron chi connectivity index (χ1n) is 9.43. The Labute approximate surface area is 175 Å². The van der Waals surface area contributed by atoms with Gasteiger partial charge in [-0.25, -0.2) is 13.6 Å². The van der Waals surface area contributed by atoms with E-state index >= 15 is 0 Å². The quantitative estimate of drug-likeness (QED) is 0.547. The maximum Gasteiger partial charge on any atom is 0.352 e. The summed E-state index contributed by atoms with van der Waals surface area (Å²) in [5.41, 5.74) is -2.17. The zero-order valence-corrected chi connectivity index (χ0v) is 16.7. The molecule has 0 saturated heterocycles. The number of carbonyl (C=O) groups excluding carboxylic acids is 1. The number of aromatic nitrogens is 3. The van der Waals surface area contributed by atoms with Gasteiger partial charge in [0.2, 0.25) is 5.69 Å². The van der Waals surface area contributed by atoms with Crippen molar-refractivity contribution in [1.82, 2.24) is 19.7 Å². The first-order valence-corrected chi connectivity index (χ1v) is 9.43. The smallest absolute Gasteiger partial charge is 0.352 e. The molecule has 0 unspecified atom stereocenters. The second-order valence-corrected chi connectivity index (χ2v) is 6.60. The minimum absolute atomic E-state index is 0.0880. The van der Waals surface area contributed by atoms with Crippen LogP contribution in [0.4, 0.5) is 8.78 Å². The van der Waals surface area contributed by atoms with Crippen molar-refractivity contribution < 1.29 is 18.3 Å². The van der Waals surface area contributed by atoms with Crippen LogP contribution in [0.1, 0.15) is 22.5 Å². The Bertz CT molecular complexity index is 1190. The molecule has 0 aliphatic heterocycles. The fraction of sp³-hybridized carbons (Fsp3) is 0.238. The van der Waals surface area contributed by atoms with Crippen LogP contribution in [0.3, 0.4) is 0 Å². The molecule has 2 aromatic carbocycles. The normalized spacial score (nSPS) is 10.8. The summed E-state index contributed by atoms with van der Waals surface area (Å²) in [5.74, 6) is -1.93. The fourth-order valence-corrected chi connectivity index (χ4v) is 2.85. The zero-order chi connectivity index (χ0) is 22.4. The van der Waals surface area contributed by atoms with Gasteiger partial charge in [0, 0.05) is 25.8 Å². The molecule has 3 aromatic rings. The standard InChI is InChI=1S/C21H20F2N4O4/c1-31-12-4-11-24-19(28)18-20(29)26(13-14-5-2-3-6-17(14)23)21(30)27(25-18)16-9-7-15(22)8-10-16/h2-3,5-10H,4,11-13H2,1H3,(H,24,28). The molecular weight excluding hydrogens is 410 g/mol. The highest BCUT2D eigenvalue weighted by molar-refractivity contribution is 5.91. The van der Waals surface area contributed by atoms with Crippen LogP contribution in [0.25, 0.3) is 5.69 Å². The first-order chi connectivity index (χ1) is 14.9. The molecule has 31 heavy (non-hydrogen) atoms. The van der Waals surface area contributed by atoms with Gasteiger partial charge in [-0.15, -0.1) is 0 Å². The van der Waals surface area contributed by atoms with E-state index in [0.717, 1.165) is 21.4 Å². The molecule has 10 heteroatoms. The van der Waals surface area contributed by atoms with E-state index in [0.29, 0.717) is 13.0 Å². The average molecular weight is 430 g/mol. The van der Waals surface area contributed by atoms with Crippen LogP contribution in [0.15, 0.2) is 58.1 Å². The molecule has 1 heterocycles. The lowest BCUT2D eigenvalue weighted by molar-refractivity contribution is 0.0938. The van der Waals surface area contributed by atoms with Crippen molar-refractivity contribution in [3.63, 3.8) is 0 Å². The van der Waals surface area contributed by atoms with E-state index in [1.165, 1.54) is 37.4 Å². The summed E-state index contributed by atoms with van der Waals surface area (Å²) in [6, 6.07) is 10.4. The summed E-state index contributed by atoms with van der Waals surface area (Å²) in [4.78, 5) is 38.4. The number of carbonyl (C=O) groups is 1. The minimum Gasteiger partial charge on any atom is -0.385 e. The Kier molecular flexibility index (Phi) is 7.03. The predicted octanol–water partition coefficient (Wildman–Crippen LogP) is 1.49. The van der Waals surface area contributed by atoms with Crippen molar-refractivity contribution in [3.05, 3.63) is 92.3 Å².